The number of fused-ring (bicyclic) bond motifs is 1. The zero-order chi connectivity index (χ0) is 20.5. The molecule has 1 atom stereocenters. The molecule has 0 fully saturated rings. The molecule has 1 amide bonds. The first kappa shape index (κ1) is 19.4. The summed E-state index contributed by atoms with van der Waals surface area (Å²) in [5.74, 6) is -0.293. The van der Waals surface area contributed by atoms with Crippen LogP contribution in [-0.2, 0) is 4.79 Å². The van der Waals surface area contributed by atoms with Crippen molar-refractivity contribution < 1.29 is 4.79 Å². The van der Waals surface area contributed by atoms with Gasteiger partial charge in [-0.2, -0.15) is 0 Å². The number of halogens is 1. The number of nitrogens with one attached hydrogen (secondary N) is 1. The Kier molecular flexibility index (Phi) is 5.22. The smallest absolute Gasteiger partial charge is 0.252 e. The molecule has 7 heteroatoms. The number of para-hydroxylation sites is 1. The topological polar surface area (TPSA) is 64.0 Å². The Balaban J connectivity index is 1.61. The van der Waals surface area contributed by atoms with Crippen molar-refractivity contribution in [2.24, 2.45) is 0 Å². The Morgan fingerprint density at radius 2 is 1.90 bits per heavy atom. The highest BCUT2D eigenvalue weighted by molar-refractivity contribution is 7.14. The van der Waals surface area contributed by atoms with Crippen LogP contribution in [0.15, 0.2) is 64.8 Å². The van der Waals surface area contributed by atoms with E-state index in [9.17, 15) is 9.59 Å². The van der Waals surface area contributed by atoms with Crippen LogP contribution in [0.25, 0.3) is 22.2 Å². The number of pyridine rings is 1. The van der Waals surface area contributed by atoms with E-state index in [1.807, 2.05) is 48.7 Å². The van der Waals surface area contributed by atoms with Crippen LogP contribution in [0.4, 0.5) is 5.13 Å². The van der Waals surface area contributed by atoms with E-state index >= 15 is 0 Å². The number of nitrogens with zero attached hydrogens (tertiary/aromatic N) is 2. The number of aromatic nitrogens is 2. The number of carbonyl (C=O) groups excluding carboxylic acids is 1. The summed E-state index contributed by atoms with van der Waals surface area (Å²) in [6.45, 7) is 3.61. The predicted octanol–water partition coefficient (Wildman–Crippen LogP) is 5.29. The van der Waals surface area contributed by atoms with Gasteiger partial charge in [-0.25, -0.2) is 4.98 Å². The Morgan fingerprint density at radius 3 is 2.66 bits per heavy atom. The first-order valence-electron chi connectivity index (χ1n) is 9.07. The Morgan fingerprint density at radius 1 is 1.17 bits per heavy atom. The lowest BCUT2D eigenvalue weighted by atomic mass is 10.1. The van der Waals surface area contributed by atoms with Gasteiger partial charge in [0.2, 0.25) is 5.91 Å². The monoisotopic (exact) mass is 423 g/mol. The summed E-state index contributed by atoms with van der Waals surface area (Å²) in [6, 6.07) is 15.8. The summed E-state index contributed by atoms with van der Waals surface area (Å²) in [5.41, 5.74) is 3.10. The molecule has 0 aliphatic heterocycles. The molecule has 0 radical (unpaired) electrons. The van der Waals surface area contributed by atoms with Crippen molar-refractivity contribution in [1.29, 1.82) is 0 Å². The van der Waals surface area contributed by atoms with Crippen LogP contribution in [0.2, 0.25) is 5.02 Å². The molecule has 2 aromatic carbocycles. The second kappa shape index (κ2) is 7.81. The zero-order valence-corrected chi connectivity index (χ0v) is 17.4. The first-order valence-corrected chi connectivity index (χ1v) is 10.3. The highest BCUT2D eigenvalue weighted by atomic mass is 35.5. The molecular weight excluding hydrogens is 406 g/mol. The van der Waals surface area contributed by atoms with Gasteiger partial charge in [0.25, 0.3) is 5.56 Å². The van der Waals surface area contributed by atoms with Gasteiger partial charge in [-0.3, -0.25) is 14.2 Å². The predicted molar refractivity (Wildman–Crippen MR) is 119 cm³/mol. The normalized spacial score (nSPS) is 12.1. The van der Waals surface area contributed by atoms with Gasteiger partial charge in [0.1, 0.15) is 6.04 Å². The fourth-order valence-electron chi connectivity index (χ4n) is 3.28. The number of carbonyl (C=O) groups is 1. The molecule has 2 heterocycles. The SMILES string of the molecule is Cc1cc(=O)n(C(C)C(=O)Nc2nc(-c3ccc(Cl)cc3)cs2)c2ccccc12. The highest BCUT2D eigenvalue weighted by Gasteiger charge is 2.20. The molecule has 0 aliphatic carbocycles. The lowest BCUT2D eigenvalue weighted by Crippen LogP contribution is -2.31. The lowest BCUT2D eigenvalue weighted by molar-refractivity contribution is -0.118. The standard InChI is InChI=1S/C22H18ClN3O2S/c1-13-11-20(27)26(19-6-4-3-5-17(13)19)14(2)21(28)25-22-24-18(12-29-22)15-7-9-16(23)10-8-15/h3-12,14H,1-2H3,(H,24,25,28). The van der Waals surface area contributed by atoms with Crippen LogP contribution in [0, 0.1) is 6.92 Å². The maximum Gasteiger partial charge on any atom is 0.252 e. The summed E-state index contributed by atoms with van der Waals surface area (Å²) in [6.07, 6.45) is 0. The van der Waals surface area contributed by atoms with Gasteiger partial charge in [-0.1, -0.05) is 41.9 Å². The van der Waals surface area contributed by atoms with Crippen LogP contribution >= 0.6 is 22.9 Å². The second-order valence-corrected chi connectivity index (χ2v) is 8.06. The van der Waals surface area contributed by atoms with Gasteiger partial charge >= 0.3 is 0 Å². The van der Waals surface area contributed by atoms with Crippen molar-refractivity contribution in [3.8, 4) is 11.3 Å². The molecule has 5 nitrogen and oxygen atoms in total. The highest BCUT2D eigenvalue weighted by Crippen LogP contribution is 2.27. The van der Waals surface area contributed by atoms with Gasteiger partial charge in [-0.05, 0) is 37.6 Å². The molecule has 1 N–H and O–H groups in total. The lowest BCUT2D eigenvalue weighted by Gasteiger charge is -2.18. The molecule has 0 spiro atoms. The van der Waals surface area contributed by atoms with Crippen molar-refractivity contribution in [3.05, 3.63) is 80.9 Å². The maximum absolute atomic E-state index is 12.9. The molecule has 1 unspecified atom stereocenters. The summed E-state index contributed by atoms with van der Waals surface area (Å²) in [7, 11) is 0. The number of hydrogen-bond donors (Lipinski definition) is 1. The van der Waals surface area contributed by atoms with E-state index in [1.165, 1.54) is 15.9 Å². The number of amides is 1. The van der Waals surface area contributed by atoms with E-state index in [2.05, 4.69) is 10.3 Å². The Bertz CT molecular complexity index is 1260. The first-order chi connectivity index (χ1) is 13.9. The van der Waals surface area contributed by atoms with Crippen LogP contribution in [-0.4, -0.2) is 15.5 Å². The number of anilines is 1. The molecule has 0 saturated heterocycles. The Hall–Kier alpha value is -2.96. The van der Waals surface area contributed by atoms with Gasteiger partial charge in [-0.15, -0.1) is 11.3 Å². The fourth-order valence-corrected chi connectivity index (χ4v) is 4.13. The third kappa shape index (κ3) is 3.81. The van der Waals surface area contributed by atoms with Crippen LogP contribution in [0.1, 0.15) is 18.5 Å². The zero-order valence-electron chi connectivity index (χ0n) is 15.8. The molecule has 29 heavy (non-hydrogen) atoms. The van der Waals surface area contributed by atoms with Gasteiger partial charge in [0.05, 0.1) is 11.2 Å². The van der Waals surface area contributed by atoms with Crippen molar-refractivity contribution >= 4 is 44.9 Å². The number of rotatable bonds is 4. The molecule has 0 bridgehead atoms. The van der Waals surface area contributed by atoms with Crippen LogP contribution in [0.3, 0.4) is 0 Å². The molecule has 4 rings (SSSR count). The summed E-state index contributed by atoms with van der Waals surface area (Å²) >= 11 is 7.26. The van der Waals surface area contributed by atoms with E-state index < -0.39 is 6.04 Å². The summed E-state index contributed by atoms with van der Waals surface area (Å²) in [4.78, 5) is 30.0. The molecule has 0 saturated carbocycles. The maximum atomic E-state index is 12.9. The van der Waals surface area contributed by atoms with Gasteiger partial charge in [0.15, 0.2) is 5.13 Å². The van der Waals surface area contributed by atoms with Crippen molar-refractivity contribution in [1.82, 2.24) is 9.55 Å². The second-order valence-electron chi connectivity index (χ2n) is 6.76. The Labute approximate surface area is 176 Å². The molecule has 2 aromatic heterocycles. The number of hydrogen-bond acceptors (Lipinski definition) is 4. The summed E-state index contributed by atoms with van der Waals surface area (Å²) in [5, 5.41) is 6.79. The van der Waals surface area contributed by atoms with Gasteiger partial charge in [0, 0.05) is 27.4 Å². The molecule has 146 valence electrons. The van der Waals surface area contributed by atoms with E-state index in [1.54, 1.807) is 25.1 Å². The third-order valence-corrected chi connectivity index (χ3v) is 5.82. The summed E-state index contributed by atoms with van der Waals surface area (Å²) < 4.78 is 1.52. The molecular formula is C22H18ClN3O2S. The number of thiazole rings is 1. The molecule has 4 aromatic rings. The van der Waals surface area contributed by atoms with Crippen molar-refractivity contribution in [2.75, 3.05) is 5.32 Å². The van der Waals surface area contributed by atoms with E-state index in [0.717, 1.165) is 27.7 Å². The average Bonchev–Trinajstić information content (AvgIpc) is 3.17. The third-order valence-electron chi connectivity index (χ3n) is 4.81. The van der Waals surface area contributed by atoms with Crippen molar-refractivity contribution in [3.63, 3.8) is 0 Å². The minimum Gasteiger partial charge on any atom is -0.300 e. The van der Waals surface area contributed by atoms with Gasteiger partial charge < -0.3 is 5.32 Å². The van der Waals surface area contributed by atoms with E-state index in [4.69, 9.17) is 11.6 Å². The van der Waals surface area contributed by atoms with Crippen LogP contribution < -0.4 is 10.9 Å². The van der Waals surface area contributed by atoms with Crippen LogP contribution in [0.5, 0.6) is 0 Å². The number of benzene rings is 2. The largest absolute Gasteiger partial charge is 0.300 e. The number of aryl methyl sites for hydroxylation is 1. The molecule has 0 aliphatic rings. The minimum absolute atomic E-state index is 0.204. The fraction of sp³-hybridized carbons (Fsp3) is 0.136. The van der Waals surface area contributed by atoms with E-state index in [-0.39, 0.29) is 11.5 Å². The van der Waals surface area contributed by atoms with Crippen molar-refractivity contribution in [2.45, 2.75) is 19.9 Å². The minimum atomic E-state index is -0.684. The quantitative estimate of drug-likeness (QED) is 0.485. The van der Waals surface area contributed by atoms with E-state index in [0.29, 0.717) is 10.2 Å². The average molecular weight is 424 g/mol.